The molecule has 0 aliphatic carbocycles. The van der Waals surface area contributed by atoms with Crippen LogP contribution in [0.3, 0.4) is 0 Å². The Hall–Kier alpha value is -1.40. The second-order valence-corrected chi connectivity index (χ2v) is 4.10. The van der Waals surface area contributed by atoms with Crippen LogP contribution in [-0.4, -0.2) is 40.8 Å². The van der Waals surface area contributed by atoms with Gasteiger partial charge in [-0.25, -0.2) is 5.48 Å². The second-order valence-electron chi connectivity index (χ2n) is 4.10. The van der Waals surface area contributed by atoms with Gasteiger partial charge in [-0.15, -0.1) is 0 Å². The van der Waals surface area contributed by atoms with Crippen LogP contribution in [0, 0.1) is 0 Å². The SMILES string of the molecule is CCN1CCCn2nc(C(=O)NOC)cc2C1.[HH]. The first-order chi connectivity index (χ1) is 8.24. The molecule has 1 N–H and O–H groups in total. The fraction of sp³-hybridized carbons (Fsp3) is 0.636. The summed E-state index contributed by atoms with van der Waals surface area (Å²) in [5, 5.41) is 4.30. The highest BCUT2D eigenvalue weighted by molar-refractivity contribution is 5.91. The zero-order valence-corrected chi connectivity index (χ0v) is 10.3. The molecule has 6 heteroatoms. The van der Waals surface area contributed by atoms with Crippen molar-refractivity contribution < 1.29 is 11.1 Å². The molecule has 0 radical (unpaired) electrons. The summed E-state index contributed by atoms with van der Waals surface area (Å²) < 4.78 is 1.92. The normalized spacial score (nSPS) is 16.4. The van der Waals surface area contributed by atoms with Crippen LogP contribution in [0.15, 0.2) is 6.07 Å². The van der Waals surface area contributed by atoms with Crippen LogP contribution >= 0.6 is 0 Å². The third-order valence-electron chi connectivity index (χ3n) is 2.97. The standard InChI is InChI=1S/C11H18N4O2.H2/c1-3-14-5-4-6-15-9(8-14)7-10(12-15)11(16)13-17-2;/h7H,3-6,8H2,1-2H3,(H,13,16);1H. The Balaban J connectivity index is 0.00000162. The van der Waals surface area contributed by atoms with E-state index < -0.39 is 0 Å². The summed E-state index contributed by atoms with van der Waals surface area (Å²) in [5.74, 6) is -0.295. The van der Waals surface area contributed by atoms with Crippen molar-refractivity contribution in [3.8, 4) is 0 Å². The van der Waals surface area contributed by atoms with E-state index in [-0.39, 0.29) is 7.33 Å². The molecule has 0 fully saturated rings. The van der Waals surface area contributed by atoms with Crippen LogP contribution in [0.1, 0.15) is 31.0 Å². The smallest absolute Gasteiger partial charge is 0.295 e. The molecule has 6 nitrogen and oxygen atoms in total. The van der Waals surface area contributed by atoms with Gasteiger partial charge in [0.1, 0.15) is 0 Å². The second kappa shape index (κ2) is 5.29. The molecular weight excluding hydrogens is 220 g/mol. The van der Waals surface area contributed by atoms with Crippen molar-refractivity contribution in [2.24, 2.45) is 0 Å². The number of nitrogens with one attached hydrogen (secondary N) is 1. The minimum absolute atomic E-state index is 0. The summed E-state index contributed by atoms with van der Waals surface area (Å²) >= 11 is 0. The molecule has 2 rings (SSSR count). The van der Waals surface area contributed by atoms with Gasteiger partial charge in [-0.05, 0) is 19.0 Å². The lowest BCUT2D eigenvalue weighted by Gasteiger charge is -2.15. The topological polar surface area (TPSA) is 59.4 Å². The molecule has 0 aromatic carbocycles. The lowest BCUT2D eigenvalue weighted by Crippen LogP contribution is -2.23. The molecule has 0 atom stereocenters. The van der Waals surface area contributed by atoms with Crippen LogP contribution in [0.4, 0.5) is 0 Å². The number of carbonyl (C=O) groups is 1. The zero-order chi connectivity index (χ0) is 12.3. The Kier molecular flexibility index (Phi) is 3.75. The van der Waals surface area contributed by atoms with E-state index in [0.29, 0.717) is 5.69 Å². The summed E-state index contributed by atoms with van der Waals surface area (Å²) in [4.78, 5) is 18.5. The number of rotatable bonds is 3. The van der Waals surface area contributed by atoms with E-state index in [1.807, 2.05) is 10.7 Å². The maximum absolute atomic E-state index is 11.6. The van der Waals surface area contributed by atoms with Crippen molar-refractivity contribution in [1.29, 1.82) is 0 Å². The summed E-state index contributed by atoms with van der Waals surface area (Å²) in [6, 6.07) is 1.84. The molecule has 17 heavy (non-hydrogen) atoms. The average molecular weight is 240 g/mol. The number of fused-ring (bicyclic) bond motifs is 1. The average Bonchev–Trinajstić information content (AvgIpc) is 2.62. The van der Waals surface area contributed by atoms with Gasteiger partial charge in [-0.1, -0.05) is 6.92 Å². The molecule has 0 spiro atoms. The molecular formula is C11H20N4O2. The molecule has 1 aromatic heterocycles. The lowest BCUT2D eigenvalue weighted by molar-refractivity contribution is 0.0531. The van der Waals surface area contributed by atoms with Crippen LogP contribution in [-0.2, 0) is 17.9 Å². The number of carbonyl (C=O) groups excluding carboxylic acids is 1. The highest BCUT2D eigenvalue weighted by Gasteiger charge is 2.18. The fourth-order valence-electron chi connectivity index (χ4n) is 2.05. The van der Waals surface area contributed by atoms with Crippen molar-refractivity contribution >= 4 is 5.91 Å². The van der Waals surface area contributed by atoms with Gasteiger partial charge < -0.3 is 0 Å². The predicted octanol–water partition coefficient (Wildman–Crippen LogP) is 0.646. The fourth-order valence-corrected chi connectivity index (χ4v) is 2.05. The summed E-state index contributed by atoms with van der Waals surface area (Å²) in [7, 11) is 1.41. The van der Waals surface area contributed by atoms with Gasteiger partial charge in [0.25, 0.3) is 5.91 Å². The van der Waals surface area contributed by atoms with Crippen LogP contribution in [0.2, 0.25) is 0 Å². The van der Waals surface area contributed by atoms with Gasteiger partial charge in [0.2, 0.25) is 0 Å². The Morgan fingerprint density at radius 1 is 1.65 bits per heavy atom. The molecule has 2 heterocycles. The number of hydrogen-bond acceptors (Lipinski definition) is 4. The van der Waals surface area contributed by atoms with E-state index in [1.165, 1.54) is 7.11 Å². The van der Waals surface area contributed by atoms with Crippen molar-refractivity contribution in [1.82, 2.24) is 20.2 Å². The Labute approximate surface area is 102 Å². The van der Waals surface area contributed by atoms with E-state index in [1.54, 1.807) is 0 Å². The van der Waals surface area contributed by atoms with Gasteiger partial charge in [-0.3, -0.25) is 19.2 Å². The van der Waals surface area contributed by atoms with Gasteiger partial charge >= 0.3 is 0 Å². The van der Waals surface area contributed by atoms with Gasteiger partial charge in [0.05, 0.1) is 12.8 Å². The van der Waals surface area contributed by atoms with Crippen molar-refractivity contribution in [3.63, 3.8) is 0 Å². The molecule has 1 aromatic rings. The largest absolute Gasteiger partial charge is 0.298 e. The number of hydroxylamine groups is 1. The lowest BCUT2D eigenvalue weighted by atomic mass is 10.3. The quantitative estimate of drug-likeness (QED) is 0.788. The molecule has 0 bridgehead atoms. The van der Waals surface area contributed by atoms with Gasteiger partial charge in [0.15, 0.2) is 5.69 Å². The molecule has 1 amide bonds. The number of hydrogen-bond donors (Lipinski definition) is 1. The first kappa shape index (κ1) is 12.1. The summed E-state index contributed by atoms with van der Waals surface area (Å²) in [6.07, 6.45) is 1.06. The number of aryl methyl sites for hydroxylation is 1. The molecule has 96 valence electrons. The first-order valence-corrected chi connectivity index (χ1v) is 5.87. The van der Waals surface area contributed by atoms with E-state index in [4.69, 9.17) is 0 Å². The minimum Gasteiger partial charge on any atom is -0.298 e. The van der Waals surface area contributed by atoms with Crippen LogP contribution in [0.5, 0.6) is 0 Å². The first-order valence-electron chi connectivity index (χ1n) is 5.87. The molecule has 0 saturated heterocycles. The monoisotopic (exact) mass is 240 g/mol. The molecule has 1 aliphatic heterocycles. The summed E-state index contributed by atoms with van der Waals surface area (Å²) in [5.41, 5.74) is 3.79. The minimum atomic E-state index is -0.295. The van der Waals surface area contributed by atoms with Crippen molar-refractivity contribution in [3.05, 3.63) is 17.5 Å². The maximum Gasteiger partial charge on any atom is 0.295 e. The van der Waals surface area contributed by atoms with Crippen LogP contribution < -0.4 is 5.48 Å². The maximum atomic E-state index is 11.6. The predicted molar refractivity (Wildman–Crippen MR) is 64.4 cm³/mol. The molecule has 0 unspecified atom stereocenters. The highest BCUT2D eigenvalue weighted by atomic mass is 16.6. The Bertz CT molecular complexity index is 408. The summed E-state index contributed by atoms with van der Waals surface area (Å²) in [6.45, 7) is 5.96. The highest BCUT2D eigenvalue weighted by Crippen LogP contribution is 2.13. The van der Waals surface area contributed by atoms with Gasteiger partial charge in [0, 0.05) is 21.1 Å². The van der Waals surface area contributed by atoms with E-state index in [2.05, 4.69) is 27.2 Å². The third kappa shape index (κ3) is 2.65. The van der Waals surface area contributed by atoms with E-state index in [0.717, 1.165) is 38.3 Å². The Morgan fingerprint density at radius 2 is 2.47 bits per heavy atom. The number of amides is 1. The number of aromatic nitrogens is 2. The van der Waals surface area contributed by atoms with Crippen LogP contribution in [0.25, 0.3) is 0 Å². The molecule has 1 aliphatic rings. The van der Waals surface area contributed by atoms with Gasteiger partial charge in [-0.2, -0.15) is 5.10 Å². The van der Waals surface area contributed by atoms with E-state index >= 15 is 0 Å². The van der Waals surface area contributed by atoms with Crippen molar-refractivity contribution in [2.75, 3.05) is 20.2 Å². The molecule has 0 saturated carbocycles. The number of nitrogens with zero attached hydrogens (tertiary/aromatic N) is 3. The van der Waals surface area contributed by atoms with Crippen molar-refractivity contribution in [2.45, 2.75) is 26.4 Å². The Morgan fingerprint density at radius 3 is 3.18 bits per heavy atom. The van der Waals surface area contributed by atoms with E-state index in [9.17, 15) is 4.79 Å². The third-order valence-corrected chi connectivity index (χ3v) is 2.97. The zero-order valence-electron chi connectivity index (χ0n) is 10.3.